The summed E-state index contributed by atoms with van der Waals surface area (Å²) >= 11 is 0. The third kappa shape index (κ3) is 4.18. The van der Waals surface area contributed by atoms with Gasteiger partial charge in [-0.3, -0.25) is 9.69 Å². The summed E-state index contributed by atoms with van der Waals surface area (Å²) in [7, 11) is 0. The van der Waals surface area contributed by atoms with E-state index in [0.29, 0.717) is 19.1 Å². The average Bonchev–Trinajstić information content (AvgIpc) is 2.60. The predicted molar refractivity (Wildman–Crippen MR) is 59.6 cm³/mol. The summed E-state index contributed by atoms with van der Waals surface area (Å²) in [5, 5.41) is 12.3. The summed E-state index contributed by atoms with van der Waals surface area (Å²) in [6.07, 6.45) is 2.50. The fourth-order valence-electron chi connectivity index (χ4n) is 1.93. The molecule has 0 spiro atoms. The van der Waals surface area contributed by atoms with Crippen molar-refractivity contribution in [2.45, 2.75) is 45.3 Å². The highest BCUT2D eigenvalue weighted by Gasteiger charge is 2.22. The van der Waals surface area contributed by atoms with Gasteiger partial charge in [-0.05, 0) is 19.3 Å². The molecule has 0 aromatic rings. The van der Waals surface area contributed by atoms with Gasteiger partial charge in [-0.25, -0.2) is 0 Å². The topological polar surface area (TPSA) is 52.6 Å². The van der Waals surface area contributed by atoms with Gasteiger partial charge in [0.15, 0.2) is 0 Å². The highest BCUT2D eigenvalue weighted by Crippen LogP contribution is 2.07. The fourth-order valence-corrected chi connectivity index (χ4v) is 1.93. The Morgan fingerprint density at radius 3 is 2.67 bits per heavy atom. The van der Waals surface area contributed by atoms with Crippen LogP contribution in [0.25, 0.3) is 0 Å². The van der Waals surface area contributed by atoms with Crippen molar-refractivity contribution in [3.63, 3.8) is 0 Å². The van der Waals surface area contributed by atoms with E-state index in [9.17, 15) is 9.90 Å². The van der Waals surface area contributed by atoms with Gasteiger partial charge in [-0.2, -0.15) is 0 Å². The molecule has 0 saturated carbocycles. The van der Waals surface area contributed by atoms with Gasteiger partial charge in [0.2, 0.25) is 5.91 Å². The van der Waals surface area contributed by atoms with Crippen molar-refractivity contribution >= 4 is 5.91 Å². The lowest BCUT2D eigenvalue weighted by Crippen LogP contribution is -2.41. The SMILES string of the molecule is CCC(CC)NC(=O)CN1CC[C@H](O)C1. The summed E-state index contributed by atoms with van der Waals surface area (Å²) in [6, 6.07) is 0.296. The van der Waals surface area contributed by atoms with E-state index in [1.165, 1.54) is 0 Å². The van der Waals surface area contributed by atoms with Crippen LogP contribution in [0.1, 0.15) is 33.1 Å². The minimum absolute atomic E-state index is 0.0813. The zero-order chi connectivity index (χ0) is 11.3. The Morgan fingerprint density at radius 1 is 1.53 bits per heavy atom. The van der Waals surface area contributed by atoms with Crippen LogP contribution in [0.15, 0.2) is 0 Å². The monoisotopic (exact) mass is 214 g/mol. The minimum Gasteiger partial charge on any atom is -0.392 e. The van der Waals surface area contributed by atoms with Crippen LogP contribution in [0.4, 0.5) is 0 Å². The van der Waals surface area contributed by atoms with E-state index in [-0.39, 0.29) is 12.0 Å². The second kappa shape index (κ2) is 6.08. The molecule has 0 aromatic heterocycles. The number of rotatable bonds is 5. The van der Waals surface area contributed by atoms with Gasteiger partial charge in [0.05, 0.1) is 12.6 Å². The molecule has 88 valence electrons. The first kappa shape index (κ1) is 12.5. The first-order chi connectivity index (χ1) is 7.15. The van der Waals surface area contributed by atoms with Crippen molar-refractivity contribution in [2.75, 3.05) is 19.6 Å². The lowest BCUT2D eigenvalue weighted by molar-refractivity contribution is -0.122. The number of hydrogen-bond donors (Lipinski definition) is 2. The maximum atomic E-state index is 11.6. The summed E-state index contributed by atoms with van der Waals surface area (Å²) in [4.78, 5) is 13.6. The van der Waals surface area contributed by atoms with E-state index in [4.69, 9.17) is 0 Å². The third-order valence-corrected chi connectivity index (χ3v) is 2.97. The first-order valence-corrected chi connectivity index (χ1v) is 5.85. The predicted octanol–water partition coefficient (Wildman–Crippen LogP) is 0.358. The maximum Gasteiger partial charge on any atom is 0.234 e. The molecular formula is C11H22N2O2. The summed E-state index contributed by atoms with van der Waals surface area (Å²) in [5.41, 5.74) is 0. The van der Waals surface area contributed by atoms with E-state index in [0.717, 1.165) is 25.8 Å². The third-order valence-electron chi connectivity index (χ3n) is 2.97. The second-order valence-corrected chi connectivity index (χ2v) is 4.26. The quantitative estimate of drug-likeness (QED) is 0.694. The molecule has 1 heterocycles. The number of aliphatic hydroxyl groups excluding tert-OH is 1. The van der Waals surface area contributed by atoms with E-state index in [1.807, 2.05) is 4.90 Å². The second-order valence-electron chi connectivity index (χ2n) is 4.26. The number of aliphatic hydroxyl groups is 1. The number of nitrogens with one attached hydrogen (secondary N) is 1. The molecule has 4 nitrogen and oxygen atoms in total. The summed E-state index contributed by atoms with van der Waals surface area (Å²) < 4.78 is 0. The normalized spacial score (nSPS) is 22.3. The highest BCUT2D eigenvalue weighted by molar-refractivity contribution is 5.78. The number of β-amino-alcohol motifs (C(OH)–C–C–N with tert-alkyl or cyclic N) is 1. The van der Waals surface area contributed by atoms with Gasteiger partial charge in [0.1, 0.15) is 0 Å². The van der Waals surface area contributed by atoms with E-state index < -0.39 is 0 Å². The molecule has 0 aromatic carbocycles. The Balaban J connectivity index is 2.23. The van der Waals surface area contributed by atoms with Crippen LogP contribution in [0.2, 0.25) is 0 Å². The molecule has 1 rings (SSSR count). The minimum atomic E-state index is -0.244. The fraction of sp³-hybridized carbons (Fsp3) is 0.909. The van der Waals surface area contributed by atoms with Crippen LogP contribution in [-0.4, -0.2) is 47.7 Å². The first-order valence-electron chi connectivity index (χ1n) is 5.85. The molecule has 0 radical (unpaired) electrons. The van der Waals surface area contributed by atoms with Crippen LogP contribution in [-0.2, 0) is 4.79 Å². The number of likely N-dealkylation sites (tertiary alicyclic amines) is 1. The number of nitrogens with zero attached hydrogens (tertiary/aromatic N) is 1. The van der Waals surface area contributed by atoms with E-state index in [1.54, 1.807) is 0 Å². The number of carbonyl (C=O) groups excluding carboxylic acids is 1. The smallest absolute Gasteiger partial charge is 0.234 e. The Morgan fingerprint density at radius 2 is 2.20 bits per heavy atom. The van der Waals surface area contributed by atoms with Gasteiger partial charge >= 0.3 is 0 Å². The van der Waals surface area contributed by atoms with Crippen molar-refractivity contribution in [1.82, 2.24) is 10.2 Å². The molecule has 1 aliphatic heterocycles. The van der Waals surface area contributed by atoms with E-state index in [2.05, 4.69) is 19.2 Å². The van der Waals surface area contributed by atoms with Gasteiger partial charge < -0.3 is 10.4 Å². The largest absolute Gasteiger partial charge is 0.392 e. The molecule has 4 heteroatoms. The van der Waals surface area contributed by atoms with Crippen molar-refractivity contribution < 1.29 is 9.90 Å². The van der Waals surface area contributed by atoms with Crippen LogP contribution in [0.5, 0.6) is 0 Å². The van der Waals surface area contributed by atoms with Crippen molar-refractivity contribution in [1.29, 1.82) is 0 Å². The lowest BCUT2D eigenvalue weighted by atomic mass is 10.2. The molecule has 0 aliphatic carbocycles. The molecule has 0 bridgehead atoms. The van der Waals surface area contributed by atoms with Crippen LogP contribution >= 0.6 is 0 Å². The molecule has 1 fully saturated rings. The Bertz CT molecular complexity index is 205. The van der Waals surface area contributed by atoms with Crippen molar-refractivity contribution in [3.05, 3.63) is 0 Å². The van der Waals surface area contributed by atoms with Crippen LogP contribution in [0, 0.1) is 0 Å². The van der Waals surface area contributed by atoms with Crippen LogP contribution < -0.4 is 5.32 Å². The zero-order valence-electron chi connectivity index (χ0n) is 9.70. The summed E-state index contributed by atoms with van der Waals surface area (Å²) in [6.45, 7) is 6.05. The Hall–Kier alpha value is -0.610. The molecular weight excluding hydrogens is 192 g/mol. The zero-order valence-corrected chi connectivity index (χ0v) is 9.70. The lowest BCUT2D eigenvalue weighted by Gasteiger charge is -2.18. The standard InChI is InChI=1S/C11H22N2O2/c1-3-9(4-2)12-11(15)8-13-6-5-10(14)7-13/h9-10,14H,3-8H2,1-2H3,(H,12,15)/t10-/m0/s1. The van der Waals surface area contributed by atoms with Crippen molar-refractivity contribution in [2.24, 2.45) is 0 Å². The maximum absolute atomic E-state index is 11.6. The molecule has 1 aliphatic rings. The Kier molecular flexibility index (Phi) is 5.05. The van der Waals surface area contributed by atoms with Gasteiger partial charge in [0.25, 0.3) is 0 Å². The highest BCUT2D eigenvalue weighted by atomic mass is 16.3. The van der Waals surface area contributed by atoms with Gasteiger partial charge in [0, 0.05) is 19.1 Å². The molecule has 1 amide bonds. The van der Waals surface area contributed by atoms with Gasteiger partial charge in [-0.15, -0.1) is 0 Å². The number of hydrogen-bond acceptors (Lipinski definition) is 3. The number of carbonyl (C=O) groups is 1. The Labute approximate surface area is 91.6 Å². The molecule has 0 unspecified atom stereocenters. The summed E-state index contributed by atoms with van der Waals surface area (Å²) in [5.74, 6) is 0.0813. The van der Waals surface area contributed by atoms with Crippen LogP contribution in [0.3, 0.4) is 0 Å². The molecule has 2 N–H and O–H groups in total. The van der Waals surface area contributed by atoms with Crippen molar-refractivity contribution in [3.8, 4) is 0 Å². The molecule has 1 atom stereocenters. The van der Waals surface area contributed by atoms with E-state index >= 15 is 0 Å². The average molecular weight is 214 g/mol. The van der Waals surface area contributed by atoms with Gasteiger partial charge in [-0.1, -0.05) is 13.8 Å². The molecule has 1 saturated heterocycles. The molecule has 15 heavy (non-hydrogen) atoms. The number of amides is 1.